The van der Waals surface area contributed by atoms with Gasteiger partial charge in [0.15, 0.2) is 0 Å². The molecule has 20 heavy (non-hydrogen) atoms. The lowest BCUT2D eigenvalue weighted by molar-refractivity contribution is -0.118. The standard InChI is InChI=1S/C15H19N3O2/c1-3-4-7-16-9-11-14(19)17-12-6-5-10(2)8-13(12)18-15(11)20/h5-6,8-9,16H,3-4,7H2,1-2H3,(H,17,19)(H,18,20). The predicted octanol–water partition coefficient (Wildman–Crippen LogP) is 2.16. The molecule has 0 saturated heterocycles. The van der Waals surface area contributed by atoms with Crippen LogP contribution in [0.15, 0.2) is 30.0 Å². The van der Waals surface area contributed by atoms with E-state index in [0.29, 0.717) is 11.4 Å². The third-order valence-corrected chi connectivity index (χ3v) is 3.08. The van der Waals surface area contributed by atoms with Crippen molar-refractivity contribution in [3.63, 3.8) is 0 Å². The highest BCUT2D eigenvalue weighted by molar-refractivity contribution is 6.29. The highest BCUT2D eigenvalue weighted by Gasteiger charge is 2.24. The molecule has 1 aliphatic rings. The number of amides is 2. The minimum absolute atomic E-state index is 0.0926. The summed E-state index contributed by atoms with van der Waals surface area (Å²) in [7, 11) is 0. The van der Waals surface area contributed by atoms with Gasteiger partial charge in [0.05, 0.1) is 11.4 Å². The van der Waals surface area contributed by atoms with E-state index in [-0.39, 0.29) is 5.57 Å². The molecule has 1 aromatic rings. The number of carbonyl (C=O) groups is 2. The summed E-state index contributed by atoms with van der Waals surface area (Å²) >= 11 is 0. The van der Waals surface area contributed by atoms with Crippen LogP contribution in [0.1, 0.15) is 25.3 Å². The topological polar surface area (TPSA) is 70.2 Å². The molecule has 0 bridgehead atoms. The van der Waals surface area contributed by atoms with Gasteiger partial charge in [-0.3, -0.25) is 9.59 Å². The molecular weight excluding hydrogens is 254 g/mol. The summed E-state index contributed by atoms with van der Waals surface area (Å²) in [5.74, 6) is -0.787. The van der Waals surface area contributed by atoms with Crippen molar-refractivity contribution < 1.29 is 9.59 Å². The van der Waals surface area contributed by atoms with Gasteiger partial charge in [-0.05, 0) is 31.0 Å². The van der Waals surface area contributed by atoms with E-state index < -0.39 is 11.8 Å². The van der Waals surface area contributed by atoms with Crippen LogP contribution in [0.2, 0.25) is 0 Å². The summed E-state index contributed by atoms with van der Waals surface area (Å²) in [4.78, 5) is 24.1. The van der Waals surface area contributed by atoms with E-state index in [1.807, 2.05) is 19.1 Å². The van der Waals surface area contributed by atoms with Crippen molar-refractivity contribution in [1.29, 1.82) is 0 Å². The Bertz CT molecular complexity index is 564. The molecule has 0 spiro atoms. The van der Waals surface area contributed by atoms with Crippen molar-refractivity contribution in [2.24, 2.45) is 0 Å². The predicted molar refractivity (Wildman–Crippen MR) is 79.4 cm³/mol. The maximum absolute atomic E-state index is 12.1. The largest absolute Gasteiger partial charge is 0.390 e. The number of aryl methyl sites for hydroxylation is 1. The number of rotatable bonds is 4. The van der Waals surface area contributed by atoms with Crippen LogP contribution in [0.3, 0.4) is 0 Å². The normalized spacial score (nSPS) is 16.2. The second-order valence-electron chi connectivity index (χ2n) is 4.82. The summed E-state index contributed by atoms with van der Waals surface area (Å²) in [5, 5.41) is 8.49. The smallest absolute Gasteiger partial charge is 0.262 e. The Labute approximate surface area is 118 Å². The molecular formula is C15H19N3O2. The third-order valence-electron chi connectivity index (χ3n) is 3.08. The first-order valence-electron chi connectivity index (χ1n) is 6.78. The highest BCUT2D eigenvalue weighted by Crippen LogP contribution is 2.26. The summed E-state index contributed by atoms with van der Waals surface area (Å²) < 4.78 is 0. The Morgan fingerprint density at radius 3 is 2.55 bits per heavy atom. The van der Waals surface area contributed by atoms with E-state index in [2.05, 4.69) is 22.9 Å². The summed E-state index contributed by atoms with van der Waals surface area (Å²) in [5.41, 5.74) is 2.35. The zero-order valence-corrected chi connectivity index (χ0v) is 11.7. The molecule has 5 nitrogen and oxygen atoms in total. The van der Waals surface area contributed by atoms with Crippen LogP contribution in [0.4, 0.5) is 11.4 Å². The first-order valence-corrected chi connectivity index (χ1v) is 6.78. The van der Waals surface area contributed by atoms with Crippen LogP contribution in [0.5, 0.6) is 0 Å². The van der Waals surface area contributed by atoms with Crippen molar-refractivity contribution in [2.45, 2.75) is 26.7 Å². The summed E-state index contributed by atoms with van der Waals surface area (Å²) in [6.45, 7) is 4.76. The third kappa shape index (κ3) is 3.17. The van der Waals surface area contributed by atoms with E-state index in [1.165, 1.54) is 6.20 Å². The number of carbonyl (C=O) groups excluding carboxylic acids is 2. The molecule has 0 unspecified atom stereocenters. The molecule has 0 atom stereocenters. The molecule has 1 aromatic carbocycles. The van der Waals surface area contributed by atoms with Gasteiger partial charge in [0.1, 0.15) is 5.57 Å². The lowest BCUT2D eigenvalue weighted by Crippen LogP contribution is -2.24. The molecule has 0 fully saturated rings. The molecule has 0 radical (unpaired) electrons. The molecule has 5 heteroatoms. The van der Waals surface area contributed by atoms with E-state index in [1.54, 1.807) is 6.07 Å². The van der Waals surface area contributed by atoms with Crippen LogP contribution in [0.25, 0.3) is 0 Å². The Morgan fingerprint density at radius 1 is 1.15 bits per heavy atom. The van der Waals surface area contributed by atoms with Gasteiger partial charge in [0, 0.05) is 12.7 Å². The lowest BCUT2D eigenvalue weighted by atomic mass is 10.2. The van der Waals surface area contributed by atoms with Crippen molar-refractivity contribution in [3.8, 4) is 0 Å². The highest BCUT2D eigenvalue weighted by atomic mass is 16.2. The Morgan fingerprint density at radius 2 is 1.85 bits per heavy atom. The zero-order chi connectivity index (χ0) is 14.5. The Hall–Kier alpha value is -2.30. The lowest BCUT2D eigenvalue weighted by Gasteiger charge is -2.06. The molecule has 2 amide bonds. The monoisotopic (exact) mass is 273 g/mol. The molecule has 0 aromatic heterocycles. The van der Waals surface area contributed by atoms with Gasteiger partial charge >= 0.3 is 0 Å². The number of unbranched alkanes of at least 4 members (excludes halogenated alkanes) is 1. The first-order chi connectivity index (χ1) is 9.61. The average molecular weight is 273 g/mol. The van der Waals surface area contributed by atoms with E-state index in [0.717, 1.165) is 24.9 Å². The van der Waals surface area contributed by atoms with Crippen LogP contribution in [-0.4, -0.2) is 18.4 Å². The van der Waals surface area contributed by atoms with E-state index >= 15 is 0 Å². The second kappa shape index (κ2) is 6.23. The van der Waals surface area contributed by atoms with Crippen molar-refractivity contribution in [3.05, 3.63) is 35.5 Å². The fraction of sp³-hybridized carbons (Fsp3) is 0.333. The van der Waals surface area contributed by atoms with Crippen LogP contribution < -0.4 is 16.0 Å². The Balaban J connectivity index is 2.19. The number of anilines is 2. The zero-order valence-electron chi connectivity index (χ0n) is 11.7. The van der Waals surface area contributed by atoms with Crippen molar-refractivity contribution >= 4 is 23.2 Å². The number of hydrogen-bond acceptors (Lipinski definition) is 3. The van der Waals surface area contributed by atoms with Gasteiger partial charge in [0.2, 0.25) is 0 Å². The molecule has 0 saturated carbocycles. The van der Waals surface area contributed by atoms with Gasteiger partial charge in [-0.15, -0.1) is 0 Å². The fourth-order valence-electron chi connectivity index (χ4n) is 1.94. The SMILES string of the molecule is CCCCNC=C1C(=O)Nc2ccc(C)cc2NC1=O. The second-order valence-corrected chi connectivity index (χ2v) is 4.82. The van der Waals surface area contributed by atoms with Gasteiger partial charge in [-0.25, -0.2) is 0 Å². The average Bonchev–Trinajstić information content (AvgIpc) is 2.52. The minimum atomic E-state index is -0.394. The maximum Gasteiger partial charge on any atom is 0.262 e. The van der Waals surface area contributed by atoms with Crippen molar-refractivity contribution in [1.82, 2.24) is 5.32 Å². The van der Waals surface area contributed by atoms with Gasteiger partial charge < -0.3 is 16.0 Å². The molecule has 2 rings (SSSR count). The van der Waals surface area contributed by atoms with Gasteiger partial charge in [-0.2, -0.15) is 0 Å². The maximum atomic E-state index is 12.1. The van der Waals surface area contributed by atoms with E-state index in [4.69, 9.17) is 0 Å². The Kier molecular flexibility index (Phi) is 4.40. The fourth-order valence-corrected chi connectivity index (χ4v) is 1.94. The number of benzene rings is 1. The van der Waals surface area contributed by atoms with E-state index in [9.17, 15) is 9.59 Å². The molecule has 1 aliphatic heterocycles. The van der Waals surface area contributed by atoms with Crippen LogP contribution >= 0.6 is 0 Å². The van der Waals surface area contributed by atoms with Crippen molar-refractivity contribution in [2.75, 3.05) is 17.2 Å². The summed E-state index contributed by atoms with van der Waals surface area (Å²) in [6, 6.07) is 5.51. The number of fused-ring (bicyclic) bond motifs is 1. The minimum Gasteiger partial charge on any atom is -0.390 e. The molecule has 3 N–H and O–H groups in total. The van der Waals surface area contributed by atoms with Gasteiger partial charge in [0.25, 0.3) is 11.8 Å². The first kappa shape index (κ1) is 14.1. The van der Waals surface area contributed by atoms with Crippen LogP contribution in [-0.2, 0) is 9.59 Å². The van der Waals surface area contributed by atoms with Crippen LogP contribution in [0, 0.1) is 6.92 Å². The quantitative estimate of drug-likeness (QED) is 0.447. The molecule has 0 aliphatic carbocycles. The molecule has 106 valence electrons. The number of hydrogen-bond donors (Lipinski definition) is 3. The summed E-state index contributed by atoms with van der Waals surface area (Å²) in [6.07, 6.45) is 3.53. The van der Waals surface area contributed by atoms with Gasteiger partial charge in [-0.1, -0.05) is 19.4 Å². The number of nitrogens with one attached hydrogen (secondary N) is 3. The molecule has 1 heterocycles.